The first kappa shape index (κ1) is 17.5. The molecule has 2 bridgehead atoms. The summed E-state index contributed by atoms with van der Waals surface area (Å²) in [6.45, 7) is 3.27. The van der Waals surface area contributed by atoms with Crippen molar-refractivity contribution in [1.82, 2.24) is 4.90 Å². The number of ether oxygens (including phenoxy) is 2. The minimum Gasteiger partial charge on any atom is -0.346 e. The highest BCUT2D eigenvalue weighted by Crippen LogP contribution is 2.54. The molecule has 1 aromatic carbocycles. The maximum Gasteiger partial charge on any atom is 0.185 e. The third-order valence-corrected chi connectivity index (χ3v) is 9.05. The van der Waals surface area contributed by atoms with Gasteiger partial charge in [0.1, 0.15) is 0 Å². The van der Waals surface area contributed by atoms with Gasteiger partial charge in [-0.2, -0.15) is 0 Å². The maximum atomic E-state index is 13.7. The largest absolute Gasteiger partial charge is 0.346 e. The Balaban J connectivity index is 1.80. The standard InChI is InChI=1S/C19H27NO4S/c1-3-10-18(25(21,22)15-7-5-4-6-8-15)14-17-19(23-12-13-24-19)11-9-16(18)20(17)2/h4-8,16-17H,3,9-14H2,1-2H3. The minimum absolute atomic E-state index is 0.00112. The quantitative estimate of drug-likeness (QED) is 0.821. The molecule has 3 unspecified atom stereocenters. The molecule has 0 radical (unpaired) electrons. The second-order valence-corrected chi connectivity index (χ2v) is 9.87. The number of benzene rings is 1. The summed E-state index contributed by atoms with van der Waals surface area (Å²) in [5.74, 6) is -0.618. The van der Waals surface area contributed by atoms with Crippen LogP contribution in [-0.2, 0) is 19.3 Å². The molecule has 0 aliphatic carbocycles. The van der Waals surface area contributed by atoms with E-state index in [1.807, 2.05) is 25.2 Å². The number of fused-ring (bicyclic) bond motifs is 3. The fourth-order valence-electron chi connectivity index (χ4n) is 5.39. The fourth-order valence-corrected chi connectivity index (χ4v) is 7.87. The average molecular weight is 365 g/mol. The number of sulfone groups is 1. The van der Waals surface area contributed by atoms with Crippen molar-refractivity contribution in [1.29, 1.82) is 0 Å². The van der Waals surface area contributed by atoms with Gasteiger partial charge in [0, 0.05) is 12.5 Å². The second-order valence-electron chi connectivity index (χ2n) is 7.58. The third kappa shape index (κ3) is 2.34. The Morgan fingerprint density at radius 2 is 1.84 bits per heavy atom. The van der Waals surface area contributed by atoms with Gasteiger partial charge in [-0.05, 0) is 38.4 Å². The van der Waals surface area contributed by atoms with Gasteiger partial charge in [0.2, 0.25) is 0 Å². The number of likely N-dealkylation sites (N-methyl/N-ethyl adjacent to an activating group) is 1. The number of hydrogen-bond donors (Lipinski definition) is 0. The van der Waals surface area contributed by atoms with Crippen LogP contribution in [0.1, 0.15) is 39.0 Å². The summed E-state index contributed by atoms with van der Waals surface area (Å²) in [5.41, 5.74) is 0. The normalized spacial score (nSPS) is 34.6. The van der Waals surface area contributed by atoms with Crippen LogP contribution in [0.25, 0.3) is 0 Å². The molecular formula is C19H27NO4S. The number of hydrogen-bond acceptors (Lipinski definition) is 5. The molecule has 5 nitrogen and oxygen atoms in total. The molecule has 0 aromatic heterocycles. The molecule has 1 spiro atoms. The first-order valence-corrected chi connectivity index (χ1v) is 10.7. The van der Waals surface area contributed by atoms with E-state index in [4.69, 9.17) is 9.47 Å². The highest BCUT2D eigenvalue weighted by molar-refractivity contribution is 7.93. The molecule has 0 saturated carbocycles. The summed E-state index contributed by atoms with van der Waals surface area (Å²) in [4.78, 5) is 2.66. The van der Waals surface area contributed by atoms with E-state index in [-0.39, 0.29) is 12.1 Å². The van der Waals surface area contributed by atoms with Crippen LogP contribution in [0, 0.1) is 0 Å². The van der Waals surface area contributed by atoms with E-state index in [0.717, 1.165) is 19.3 Å². The Morgan fingerprint density at radius 1 is 1.16 bits per heavy atom. The van der Waals surface area contributed by atoms with Crippen molar-refractivity contribution in [2.75, 3.05) is 20.3 Å². The van der Waals surface area contributed by atoms with Gasteiger partial charge in [-0.1, -0.05) is 31.5 Å². The highest BCUT2D eigenvalue weighted by Gasteiger charge is 2.66. The summed E-state index contributed by atoms with van der Waals surface area (Å²) < 4.78 is 38.7. The maximum absolute atomic E-state index is 13.7. The molecule has 1 aromatic rings. The van der Waals surface area contributed by atoms with E-state index in [1.165, 1.54) is 0 Å². The van der Waals surface area contributed by atoms with E-state index >= 15 is 0 Å². The van der Waals surface area contributed by atoms with Gasteiger partial charge in [-0.25, -0.2) is 8.42 Å². The van der Waals surface area contributed by atoms with Crippen molar-refractivity contribution in [3.05, 3.63) is 30.3 Å². The summed E-state index contributed by atoms with van der Waals surface area (Å²) in [6.07, 6.45) is 3.67. The molecule has 6 heteroatoms. The first-order valence-electron chi connectivity index (χ1n) is 9.26. The zero-order chi connectivity index (χ0) is 17.7. The Bertz CT molecular complexity index is 729. The van der Waals surface area contributed by atoms with Crippen LogP contribution in [0.15, 0.2) is 35.2 Å². The summed E-state index contributed by atoms with van der Waals surface area (Å²) >= 11 is 0. The Morgan fingerprint density at radius 3 is 2.48 bits per heavy atom. The summed E-state index contributed by atoms with van der Waals surface area (Å²) in [7, 11) is -1.41. The van der Waals surface area contributed by atoms with Gasteiger partial charge >= 0.3 is 0 Å². The number of nitrogens with zero attached hydrogens (tertiary/aromatic N) is 1. The lowest BCUT2D eigenvalue weighted by molar-refractivity contribution is -0.215. The molecule has 138 valence electrons. The lowest BCUT2D eigenvalue weighted by Crippen LogP contribution is -2.56. The van der Waals surface area contributed by atoms with Gasteiger partial charge in [0.05, 0.1) is 28.9 Å². The van der Waals surface area contributed by atoms with Crippen LogP contribution in [0.3, 0.4) is 0 Å². The lowest BCUT2D eigenvalue weighted by atomic mass is 9.92. The monoisotopic (exact) mass is 365 g/mol. The topological polar surface area (TPSA) is 55.8 Å². The summed E-state index contributed by atoms with van der Waals surface area (Å²) in [5, 5.41) is 0. The zero-order valence-electron chi connectivity index (χ0n) is 15.0. The van der Waals surface area contributed by atoms with Gasteiger partial charge in [0.25, 0.3) is 0 Å². The van der Waals surface area contributed by atoms with Crippen LogP contribution >= 0.6 is 0 Å². The predicted octanol–water partition coefficient (Wildman–Crippen LogP) is 2.61. The van der Waals surface area contributed by atoms with Crippen LogP contribution in [0.5, 0.6) is 0 Å². The van der Waals surface area contributed by atoms with Crippen molar-refractivity contribution in [2.45, 2.75) is 66.5 Å². The summed E-state index contributed by atoms with van der Waals surface area (Å²) in [6, 6.07) is 8.95. The van der Waals surface area contributed by atoms with E-state index in [0.29, 0.717) is 31.0 Å². The van der Waals surface area contributed by atoms with Gasteiger partial charge in [0.15, 0.2) is 15.6 Å². The van der Waals surface area contributed by atoms with Crippen molar-refractivity contribution in [3.63, 3.8) is 0 Å². The number of rotatable bonds is 4. The van der Waals surface area contributed by atoms with Crippen LogP contribution in [0.4, 0.5) is 0 Å². The molecular weight excluding hydrogens is 338 g/mol. The number of piperidine rings is 1. The smallest absolute Gasteiger partial charge is 0.185 e. The second kappa shape index (κ2) is 6.05. The van der Waals surface area contributed by atoms with Crippen LogP contribution < -0.4 is 0 Å². The molecule has 25 heavy (non-hydrogen) atoms. The third-order valence-electron chi connectivity index (χ3n) is 6.44. The lowest BCUT2D eigenvalue weighted by Gasteiger charge is -2.44. The molecule has 3 fully saturated rings. The van der Waals surface area contributed by atoms with Crippen molar-refractivity contribution >= 4 is 9.84 Å². The van der Waals surface area contributed by atoms with Crippen LogP contribution in [0.2, 0.25) is 0 Å². The molecule has 3 aliphatic rings. The Labute approximate surface area is 150 Å². The van der Waals surface area contributed by atoms with E-state index in [2.05, 4.69) is 11.8 Å². The highest BCUT2D eigenvalue weighted by atomic mass is 32.2. The molecule has 4 rings (SSSR count). The van der Waals surface area contributed by atoms with Crippen molar-refractivity contribution < 1.29 is 17.9 Å². The van der Waals surface area contributed by atoms with Gasteiger partial charge in [-0.3, -0.25) is 4.90 Å². The minimum atomic E-state index is -3.45. The Kier molecular flexibility index (Phi) is 4.22. The Hall–Kier alpha value is -0.950. The fraction of sp³-hybridized carbons (Fsp3) is 0.684. The zero-order valence-corrected chi connectivity index (χ0v) is 15.8. The SMILES string of the molecule is CCCC1(S(=O)(=O)c2ccccc2)CC2N(C)C1CCC21OCCO1. The predicted molar refractivity (Wildman–Crippen MR) is 95.1 cm³/mol. The average Bonchev–Trinajstić information content (AvgIpc) is 3.14. The molecule has 3 atom stereocenters. The van der Waals surface area contributed by atoms with Gasteiger partial charge < -0.3 is 9.47 Å². The van der Waals surface area contributed by atoms with Crippen LogP contribution in [-0.4, -0.2) is 56.2 Å². The first-order chi connectivity index (χ1) is 12.0. The molecule has 3 aliphatic heterocycles. The van der Waals surface area contributed by atoms with E-state index in [9.17, 15) is 8.42 Å². The van der Waals surface area contributed by atoms with Crippen molar-refractivity contribution in [3.8, 4) is 0 Å². The molecule has 0 amide bonds. The van der Waals surface area contributed by atoms with Gasteiger partial charge in [-0.15, -0.1) is 0 Å². The van der Waals surface area contributed by atoms with Crippen molar-refractivity contribution in [2.24, 2.45) is 0 Å². The molecule has 0 N–H and O–H groups in total. The van der Waals surface area contributed by atoms with E-state index < -0.39 is 20.4 Å². The van der Waals surface area contributed by atoms with E-state index in [1.54, 1.807) is 12.1 Å². The molecule has 3 saturated heterocycles. The molecule has 3 heterocycles.